The number of likely N-dealkylation sites (tertiary alicyclic amines) is 1. The Morgan fingerprint density at radius 3 is 2.20 bits per heavy atom. The number of halogens is 1. The zero-order valence-corrected chi connectivity index (χ0v) is 19.8. The Hall–Kier alpha value is -3.53. The summed E-state index contributed by atoms with van der Waals surface area (Å²) in [6, 6.07) is 11.5. The standard InChI is InChI=1S/C25H34FN5O4/c26-23-17-21(8-9-22(23)25(28)30-33)35-15-1-3-18-10-13-31(14-11-18)12-2-16-34-20-6-4-19(5-7-20)24(27)29-32/h4-9,17-18,32-33H,1-3,10-16H2,(H2,27,29)(H2,28,30). The summed E-state index contributed by atoms with van der Waals surface area (Å²) in [6.07, 6.45) is 5.28. The maximum absolute atomic E-state index is 14.0. The molecule has 1 aliphatic heterocycles. The normalized spacial score (nSPS) is 15.8. The second-order valence-electron chi connectivity index (χ2n) is 8.61. The fraction of sp³-hybridized carbons (Fsp3) is 0.440. The van der Waals surface area contributed by atoms with Gasteiger partial charge in [-0.2, -0.15) is 0 Å². The summed E-state index contributed by atoms with van der Waals surface area (Å²) in [7, 11) is 0. The monoisotopic (exact) mass is 487 g/mol. The molecular weight excluding hydrogens is 453 g/mol. The third-order valence-electron chi connectivity index (χ3n) is 6.20. The van der Waals surface area contributed by atoms with E-state index < -0.39 is 5.82 Å². The number of hydrogen-bond acceptors (Lipinski definition) is 7. The van der Waals surface area contributed by atoms with Crippen molar-refractivity contribution in [3.63, 3.8) is 0 Å². The van der Waals surface area contributed by atoms with E-state index in [1.165, 1.54) is 25.0 Å². The molecule has 1 saturated heterocycles. The third kappa shape index (κ3) is 8.03. The molecule has 0 spiro atoms. The first-order valence-electron chi connectivity index (χ1n) is 11.8. The Morgan fingerprint density at radius 2 is 1.54 bits per heavy atom. The summed E-state index contributed by atoms with van der Waals surface area (Å²) in [5, 5.41) is 23.2. The third-order valence-corrected chi connectivity index (χ3v) is 6.20. The largest absolute Gasteiger partial charge is 0.494 e. The van der Waals surface area contributed by atoms with Crippen LogP contribution in [0.2, 0.25) is 0 Å². The Bertz CT molecular complexity index is 992. The molecule has 1 aliphatic rings. The van der Waals surface area contributed by atoms with Crippen LogP contribution in [0, 0.1) is 11.7 Å². The molecule has 2 aromatic carbocycles. The highest BCUT2D eigenvalue weighted by molar-refractivity contribution is 5.97. The lowest BCUT2D eigenvalue weighted by Crippen LogP contribution is -2.35. The Balaban J connectivity index is 1.26. The average molecular weight is 488 g/mol. The van der Waals surface area contributed by atoms with Crippen molar-refractivity contribution in [3.05, 3.63) is 59.4 Å². The molecule has 1 fully saturated rings. The minimum atomic E-state index is -0.577. The van der Waals surface area contributed by atoms with E-state index in [1.54, 1.807) is 18.2 Å². The van der Waals surface area contributed by atoms with E-state index in [-0.39, 0.29) is 17.2 Å². The van der Waals surface area contributed by atoms with Crippen LogP contribution in [-0.2, 0) is 0 Å². The van der Waals surface area contributed by atoms with Gasteiger partial charge in [0, 0.05) is 18.2 Å². The van der Waals surface area contributed by atoms with E-state index >= 15 is 0 Å². The maximum atomic E-state index is 14.0. The second kappa shape index (κ2) is 13.4. The number of nitrogens with two attached hydrogens (primary N) is 2. The molecule has 3 rings (SSSR count). The molecular formula is C25H34FN5O4. The number of amidine groups is 2. The van der Waals surface area contributed by atoms with Gasteiger partial charge in [-0.05, 0) is 87.5 Å². The molecule has 190 valence electrons. The Kier molecular flexibility index (Phi) is 9.97. The summed E-state index contributed by atoms with van der Waals surface area (Å²) >= 11 is 0. The molecule has 0 saturated carbocycles. The van der Waals surface area contributed by atoms with Crippen molar-refractivity contribution in [3.8, 4) is 11.5 Å². The number of hydrogen-bond donors (Lipinski definition) is 4. The quantitative estimate of drug-likeness (QED) is 0.118. The molecule has 9 nitrogen and oxygen atoms in total. The topological polar surface area (TPSA) is 139 Å². The number of benzene rings is 2. The lowest BCUT2D eigenvalue weighted by Gasteiger charge is -2.32. The van der Waals surface area contributed by atoms with E-state index in [9.17, 15) is 4.39 Å². The summed E-state index contributed by atoms with van der Waals surface area (Å²) in [5.74, 6) is 1.12. The van der Waals surface area contributed by atoms with Crippen molar-refractivity contribution in [2.24, 2.45) is 27.7 Å². The lowest BCUT2D eigenvalue weighted by atomic mass is 9.92. The van der Waals surface area contributed by atoms with Gasteiger partial charge in [0.25, 0.3) is 0 Å². The average Bonchev–Trinajstić information content (AvgIpc) is 2.89. The smallest absolute Gasteiger partial charge is 0.173 e. The van der Waals surface area contributed by atoms with Crippen LogP contribution in [0.25, 0.3) is 0 Å². The molecule has 6 N–H and O–H groups in total. The van der Waals surface area contributed by atoms with Crippen molar-refractivity contribution >= 4 is 11.7 Å². The van der Waals surface area contributed by atoms with Gasteiger partial charge in [0.2, 0.25) is 0 Å². The van der Waals surface area contributed by atoms with Gasteiger partial charge < -0.3 is 36.3 Å². The minimum Gasteiger partial charge on any atom is -0.494 e. The van der Waals surface area contributed by atoms with Gasteiger partial charge in [-0.1, -0.05) is 10.3 Å². The SMILES string of the molecule is N/C(=N\O)c1ccc(OCCCC2CCN(CCCOc3ccc(/C(N)=N\O)cc3)CC2)cc1F. The van der Waals surface area contributed by atoms with Gasteiger partial charge >= 0.3 is 0 Å². The molecule has 1 heterocycles. The van der Waals surface area contributed by atoms with Crippen LogP contribution in [0.15, 0.2) is 52.8 Å². The highest BCUT2D eigenvalue weighted by Gasteiger charge is 2.18. The zero-order chi connectivity index (χ0) is 25.0. The van der Waals surface area contributed by atoms with E-state index in [4.69, 9.17) is 31.4 Å². The fourth-order valence-electron chi connectivity index (χ4n) is 4.17. The van der Waals surface area contributed by atoms with Gasteiger partial charge in [0.05, 0.1) is 18.8 Å². The molecule has 0 bridgehead atoms. The predicted molar refractivity (Wildman–Crippen MR) is 132 cm³/mol. The first-order chi connectivity index (χ1) is 17.0. The highest BCUT2D eigenvalue weighted by Crippen LogP contribution is 2.23. The zero-order valence-electron chi connectivity index (χ0n) is 19.8. The van der Waals surface area contributed by atoms with Crippen molar-refractivity contribution < 1.29 is 24.3 Å². The maximum Gasteiger partial charge on any atom is 0.173 e. The van der Waals surface area contributed by atoms with Crippen LogP contribution in [0.1, 0.15) is 43.2 Å². The van der Waals surface area contributed by atoms with Gasteiger partial charge in [0.1, 0.15) is 17.3 Å². The number of piperidine rings is 1. The number of oxime groups is 2. The van der Waals surface area contributed by atoms with Crippen LogP contribution in [0.4, 0.5) is 4.39 Å². The molecule has 0 aliphatic carbocycles. The fourth-order valence-corrected chi connectivity index (χ4v) is 4.17. The van der Waals surface area contributed by atoms with Gasteiger partial charge in [-0.25, -0.2) is 4.39 Å². The molecule has 2 aromatic rings. The number of rotatable bonds is 12. The van der Waals surface area contributed by atoms with Crippen molar-refractivity contribution in [1.29, 1.82) is 0 Å². The van der Waals surface area contributed by atoms with Gasteiger partial charge in [-0.3, -0.25) is 0 Å². The molecule has 0 radical (unpaired) electrons. The van der Waals surface area contributed by atoms with Crippen molar-refractivity contribution in [2.75, 3.05) is 32.8 Å². The summed E-state index contributed by atoms with van der Waals surface area (Å²) in [5.41, 5.74) is 11.7. The summed E-state index contributed by atoms with van der Waals surface area (Å²) in [6.45, 7) is 4.34. The molecule has 10 heteroatoms. The predicted octanol–water partition coefficient (Wildman–Crippen LogP) is 3.35. The van der Waals surface area contributed by atoms with Crippen LogP contribution in [0.3, 0.4) is 0 Å². The van der Waals surface area contributed by atoms with Gasteiger partial charge in [0.15, 0.2) is 11.7 Å². The van der Waals surface area contributed by atoms with E-state index in [1.807, 2.05) is 12.1 Å². The van der Waals surface area contributed by atoms with E-state index in [0.29, 0.717) is 30.4 Å². The van der Waals surface area contributed by atoms with Crippen molar-refractivity contribution in [1.82, 2.24) is 4.90 Å². The first-order valence-corrected chi connectivity index (χ1v) is 11.8. The van der Waals surface area contributed by atoms with Crippen LogP contribution in [-0.4, -0.2) is 59.8 Å². The molecule has 0 aromatic heterocycles. The first kappa shape index (κ1) is 26.1. The van der Waals surface area contributed by atoms with Crippen LogP contribution >= 0.6 is 0 Å². The van der Waals surface area contributed by atoms with E-state index in [2.05, 4.69) is 15.2 Å². The Labute approximate surface area is 204 Å². The number of nitrogens with zero attached hydrogens (tertiary/aromatic N) is 3. The minimum absolute atomic E-state index is 0.0482. The molecule has 0 amide bonds. The molecule has 0 unspecified atom stereocenters. The summed E-state index contributed by atoms with van der Waals surface area (Å²) in [4.78, 5) is 2.48. The highest BCUT2D eigenvalue weighted by atomic mass is 19.1. The number of ether oxygens (including phenoxy) is 2. The van der Waals surface area contributed by atoms with Crippen LogP contribution < -0.4 is 20.9 Å². The molecule has 0 atom stereocenters. The van der Waals surface area contributed by atoms with Crippen LogP contribution in [0.5, 0.6) is 11.5 Å². The summed E-state index contributed by atoms with van der Waals surface area (Å²) < 4.78 is 25.4. The second-order valence-corrected chi connectivity index (χ2v) is 8.61. The van der Waals surface area contributed by atoms with Gasteiger partial charge in [-0.15, -0.1) is 0 Å². The van der Waals surface area contributed by atoms with Crippen molar-refractivity contribution in [2.45, 2.75) is 32.1 Å². The Morgan fingerprint density at radius 1 is 0.914 bits per heavy atom. The van der Waals surface area contributed by atoms with E-state index in [0.717, 1.165) is 44.6 Å². The molecule has 35 heavy (non-hydrogen) atoms. The lowest BCUT2D eigenvalue weighted by molar-refractivity contribution is 0.161.